The SMILES string of the molecule is CC(C)(CN[C@H]1CCCC[C@@H]1O)C(N)=O. The summed E-state index contributed by atoms with van der Waals surface area (Å²) >= 11 is 0. The molecule has 0 unspecified atom stereocenters. The molecule has 4 nitrogen and oxygen atoms in total. The molecule has 0 saturated heterocycles. The Morgan fingerprint density at radius 3 is 2.60 bits per heavy atom. The molecule has 1 rings (SSSR count). The summed E-state index contributed by atoms with van der Waals surface area (Å²) in [5, 5.41) is 13.0. The van der Waals surface area contributed by atoms with Crippen molar-refractivity contribution in [3.8, 4) is 0 Å². The molecular formula is C11H22N2O2. The number of nitrogens with one attached hydrogen (secondary N) is 1. The first kappa shape index (κ1) is 12.5. The molecule has 0 aromatic carbocycles. The quantitative estimate of drug-likeness (QED) is 0.633. The van der Waals surface area contributed by atoms with E-state index in [2.05, 4.69) is 5.32 Å². The third-order valence-electron chi connectivity index (χ3n) is 3.20. The van der Waals surface area contributed by atoms with Crippen LogP contribution in [0.2, 0.25) is 0 Å². The van der Waals surface area contributed by atoms with E-state index in [4.69, 9.17) is 5.73 Å². The van der Waals surface area contributed by atoms with Gasteiger partial charge < -0.3 is 16.2 Å². The molecule has 0 aromatic rings. The minimum absolute atomic E-state index is 0.123. The normalized spacial score (nSPS) is 27.7. The maximum Gasteiger partial charge on any atom is 0.224 e. The van der Waals surface area contributed by atoms with Crippen molar-refractivity contribution in [3.05, 3.63) is 0 Å². The number of aliphatic hydroxyl groups is 1. The van der Waals surface area contributed by atoms with Crippen molar-refractivity contribution >= 4 is 5.91 Å². The van der Waals surface area contributed by atoms with Crippen LogP contribution in [0.15, 0.2) is 0 Å². The molecule has 4 N–H and O–H groups in total. The van der Waals surface area contributed by atoms with E-state index in [1.54, 1.807) is 0 Å². The average Bonchev–Trinajstić information content (AvgIpc) is 2.16. The molecular weight excluding hydrogens is 192 g/mol. The topological polar surface area (TPSA) is 75.3 Å². The van der Waals surface area contributed by atoms with Gasteiger partial charge in [0.25, 0.3) is 0 Å². The van der Waals surface area contributed by atoms with Gasteiger partial charge in [-0.3, -0.25) is 4.79 Å². The van der Waals surface area contributed by atoms with Crippen molar-refractivity contribution in [1.29, 1.82) is 0 Å². The minimum Gasteiger partial charge on any atom is -0.392 e. The maximum atomic E-state index is 11.1. The largest absolute Gasteiger partial charge is 0.392 e. The summed E-state index contributed by atoms with van der Waals surface area (Å²) in [7, 11) is 0. The number of aliphatic hydroxyl groups excluding tert-OH is 1. The van der Waals surface area contributed by atoms with E-state index in [1.165, 1.54) is 0 Å². The molecule has 0 spiro atoms. The van der Waals surface area contributed by atoms with Gasteiger partial charge in [0.05, 0.1) is 11.5 Å². The Hall–Kier alpha value is -0.610. The van der Waals surface area contributed by atoms with Gasteiger partial charge in [0, 0.05) is 12.6 Å². The Labute approximate surface area is 91.2 Å². The molecule has 1 saturated carbocycles. The van der Waals surface area contributed by atoms with E-state index in [-0.39, 0.29) is 18.1 Å². The molecule has 1 fully saturated rings. The second-order valence-corrected chi connectivity index (χ2v) is 5.09. The summed E-state index contributed by atoms with van der Waals surface area (Å²) < 4.78 is 0. The molecule has 1 aliphatic carbocycles. The lowest BCUT2D eigenvalue weighted by Gasteiger charge is -2.31. The smallest absolute Gasteiger partial charge is 0.224 e. The van der Waals surface area contributed by atoms with E-state index in [0.29, 0.717) is 6.54 Å². The van der Waals surface area contributed by atoms with Crippen LogP contribution in [-0.4, -0.2) is 29.7 Å². The van der Waals surface area contributed by atoms with Gasteiger partial charge >= 0.3 is 0 Å². The Balaban J connectivity index is 2.38. The third-order valence-corrected chi connectivity index (χ3v) is 3.20. The zero-order valence-electron chi connectivity index (χ0n) is 9.62. The number of nitrogens with two attached hydrogens (primary N) is 1. The molecule has 2 atom stereocenters. The van der Waals surface area contributed by atoms with Crippen LogP contribution in [0.25, 0.3) is 0 Å². The zero-order chi connectivity index (χ0) is 11.5. The summed E-state index contributed by atoms with van der Waals surface area (Å²) in [5.74, 6) is -0.305. The first-order valence-electron chi connectivity index (χ1n) is 5.65. The maximum absolute atomic E-state index is 11.1. The lowest BCUT2D eigenvalue weighted by Crippen LogP contribution is -2.48. The van der Waals surface area contributed by atoms with Crippen molar-refractivity contribution in [1.82, 2.24) is 5.32 Å². The number of carbonyl (C=O) groups excluding carboxylic acids is 1. The van der Waals surface area contributed by atoms with Gasteiger partial charge in [0.2, 0.25) is 5.91 Å². The predicted octanol–water partition coefficient (Wildman–Crippen LogP) is 0.391. The molecule has 15 heavy (non-hydrogen) atoms. The summed E-state index contributed by atoms with van der Waals surface area (Å²) in [6, 6.07) is 0.123. The van der Waals surface area contributed by atoms with Crippen LogP contribution in [0.1, 0.15) is 39.5 Å². The van der Waals surface area contributed by atoms with Gasteiger partial charge in [-0.15, -0.1) is 0 Å². The number of hydrogen-bond donors (Lipinski definition) is 3. The monoisotopic (exact) mass is 214 g/mol. The minimum atomic E-state index is -0.544. The Kier molecular flexibility index (Phi) is 4.11. The van der Waals surface area contributed by atoms with Crippen LogP contribution in [0.3, 0.4) is 0 Å². The molecule has 0 aliphatic heterocycles. The van der Waals surface area contributed by atoms with E-state index < -0.39 is 5.41 Å². The Morgan fingerprint density at radius 2 is 2.07 bits per heavy atom. The highest BCUT2D eigenvalue weighted by Gasteiger charge is 2.28. The molecule has 0 aromatic heterocycles. The van der Waals surface area contributed by atoms with Crippen LogP contribution in [0.5, 0.6) is 0 Å². The number of rotatable bonds is 4. The van der Waals surface area contributed by atoms with Crippen molar-refractivity contribution in [2.45, 2.75) is 51.7 Å². The Bertz CT molecular complexity index is 229. The standard InChI is InChI=1S/C11H22N2O2/c1-11(2,10(12)15)7-13-8-5-3-4-6-9(8)14/h8-9,13-14H,3-7H2,1-2H3,(H2,12,15)/t8-,9-/m0/s1. The highest BCUT2D eigenvalue weighted by atomic mass is 16.3. The lowest BCUT2D eigenvalue weighted by molar-refractivity contribution is -0.126. The molecule has 1 amide bonds. The third kappa shape index (κ3) is 3.47. The summed E-state index contributed by atoms with van der Waals surface area (Å²) in [6.45, 7) is 4.17. The fourth-order valence-electron chi connectivity index (χ4n) is 1.82. The second-order valence-electron chi connectivity index (χ2n) is 5.09. The average molecular weight is 214 g/mol. The number of carbonyl (C=O) groups is 1. The molecule has 88 valence electrons. The molecule has 4 heteroatoms. The van der Waals surface area contributed by atoms with Crippen molar-refractivity contribution in [2.24, 2.45) is 11.1 Å². The summed E-state index contributed by atoms with van der Waals surface area (Å²) in [6.07, 6.45) is 3.80. The van der Waals surface area contributed by atoms with E-state index in [1.807, 2.05) is 13.8 Å². The number of amides is 1. The van der Waals surface area contributed by atoms with Gasteiger partial charge in [0.15, 0.2) is 0 Å². The zero-order valence-corrected chi connectivity index (χ0v) is 9.62. The van der Waals surface area contributed by atoms with Gasteiger partial charge in [-0.2, -0.15) is 0 Å². The van der Waals surface area contributed by atoms with Crippen LogP contribution >= 0.6 is 0 Å². The van der Waals surface area contributed by atoms with Crippen molar-refractivity contribution in [3.63, 3.8) is 0 Å². The predicted molar refractivity (Wildman–Crippen MR) is 59.2 cm³/mol. The van der Waals surface area contributed by atoms with Crippen LogP contribution < -0.4 is 11.1 Å². The first-order chi connectivity index (χ1) is 6.93. The van der Waals surface area contributed by atoms with Crippen LogP contribution in [0.4, 0.5) is 0 Å². The van der Waals surface area contributed by atoms with E-state index in [0.717, 1.165) is 25.7 Å². The van der Waals surface area contributed by atoms with Crippen LogP contribution in [0, 0.1) is 5.41 Å². The van der Waals surface area contributed by atoms with Gasteiger partial charge in [0.1, 0.15) is 0 Å². The van der Waals surface area contributed by atoms with Crippen molar-refractivity contribution in [2.75, 3.05) is 6.54 Å². The molecule has 1 aliphatic rings. The molecule has 0 heterocycles. The Morgan fingerprint density at radius 1 is 1.47 bits per heavy atom. The highest BCUT2D eigenvalue weighted by Crippen LogP contribution is 2.20. The lowest BCUT2D eigenvalue weighted by atomic mass is 9.89. The summed E-state index contributed by atoms with van der Waals surface area (Å²) in [4.78, 5) is 11.1. The highest BCUT2D eigenvalue weighted by molar-refractivity contribution is 5.80. The molecule has 0 bridgehead atoms. The second kappa shape index (κ2) is 4.94. The van der Waals surface area contributed by atoms with Gasteiger partial charge in [-0.1, -0.05) is 12.8 Å². The van der Waals surface area contributed by atoms with Crippen molar-refractivity contribution < 1.29 is 9.90 Å². The number of hydrogen-bond acceptors (Lipinski definition) is 3. The van der Waals surface area contributed by atoms with Gasteiger partial charge in [-0.05, 0) is 26.7 Å². The summed E-state index contributed by atoms with van der Waals surface area (Å²) in [5.41, 5.74) is 4.73. The fraction of sp³-hybridized carbons (Fsp3) is 0.909. The van der Waals surface area contributed by atoms with E-state index >= 15 is 0 Å². The molecule has 0 radical (unpaired) electrons. The van der Waals surface area contributed by atoms with Gasteiger partial charge in [-0.25, -0.2) is 0 Å². The fourth-order valence-corrected chi connectivity index (χ4v) is 1.82. The van der Waals surface area contributed by atoms with E-state index in [9.17, 15) is 9.90 Å². The van der Waals surface area contributed by atoms with Crippen LogP contribution in [-0.2, 0) is 4.79 Å². The number of primary amides is 1. The first-order valence-corrected chi connectivity index (χ1v) is 5.65.